The summed E-state index contributed by atoms with van der Waals surface area (Å²) in [7, 11) is -1.17. The van der Waals surface area contributed by atoms with E-state index in [9.17, 15) is 13.2 Å². The zero-order chi connectivity index (χ0) is 14.5. The minimum atomic E-state index is -3.00. The molecule has 0 aliphatic heterocycles. The van der Waals surface area contributed by atoms with Gasteiger partial charge in [0.1, 0.15) is 9.84 Å². The van der Waals surface area contributed by atoms with Crippen LogP contribution in [0.15, 0.2) is 17.1 Å². The summed E-state index contributed by atoms with van der Waals surface area (Å²) < 4.78 is 23.3. The Labute approximate surface area is 112 Å². The minimum Gasteiger partial charge on any atom is -0.372 e. The summed E-state index contributed by atoms with van der Waals surface area (Å²) >= 11 is 0. The summed E-state index contributed by atoms with van der Waals surface area (Å²) in [5.74, 6) is 0.0515. The predicted octanol–water partition coefficient (Wildman–Crippen LogP) is -0.927. The molecule has 1 rings (SSSR count). The van der Waals surface area contributed by atoms with E-state index in [-0.39, 0.29) is 11.3 Å². The van der Waals surface area contributed by atoms with Gasteiger partial charge in [-0.15, -0.1) is 0 Å². The van der Waals surface area contributed by atoms with Crippen molar-refractivity contribution in [3.8, 4) is 0 Å². The van der Waals surface area contributed by atoms with Crippen LogP contribution in [0.25, 0.3) is 0 Å². The summed E-state index contributed by atoms with van der Waals surface area (Å²) in [6.07, 6.45) is 3.13. The van der Waals surface area contributed by atoms with Gasteiger partial charge in [-0.05, 0) is 6.42 Å². The number of nitrogens with two attached hydrogens (primary N) is 1. The van der Waals surface area contributed by atoms with Crippen molar-refractivity contribution < 1.29 is 8.42 Å². The average Bonchev–Trinajstić information content (AvgIpc) is 2.30. The van der Waals surface area contributed by atoms with E-state index in [4.69, 9.17) is 5.73 Å². The third-order valence-electron chi connectivity index (χ3n) is 2.65. The first kappa shape index (κ1) is 15.6. The number of nitrogens with zero attached hydrogens (tertiary/aromatic N) is 3. The zero-order valence-electron chi connectivity index (χ0n) is 11.2. The van der Waals surface area contributed by atoms with Gasteiger partial charge in [0.2, 0.25) is 0 Å². The normalized spacial score (nSPS) is 11.5. The molecular weight excluding hydrogens is 268 g/mol. The van der Waals surface area contributed by atoms with E-state index in [0.29, 0.717) is 31.7 Å². The molecule has 0 atom stereocenters. The van der Waals surface area contributed by atoms with Crippen molar-refractivity contribution >= 4 is 15.5 Å². The van der Waals surface area contributed by atoms with Crippen molar-refractivity contribution in [2.24, 2.45) is 5.73 Å². The SMILES string of the molecule is CN(CCN)c1cnn(CCCS(C)(=O)=O)c(=O)c1. The van der Waals surface area contributed by atoms with E-state index in [2.05, 4.69) is 5.10 Å². The lowest BCUT2D eigenvalue weighted by Crippen LogP contribution is -2.29. The van der Waals surface area contributed by atoms with Gasteiger partial charge < -0.3 is 10.6 Å². The maximum absolute atomic E-state index is 11.8. The number of hydrogen-bond donors (Lipinski definition) is 1. The van der Waals surface area contributed by atoms with Crippen molar-refractivity contribution in [2.75, 3.05) is 37.0 Å². The van der Waals surface area contributed by atoms with E-state index in [1.165, 1.54) is 17.0 Å². The van der Waals surface area contributed by atoms with Crippen LogP contribution in [0.4, 0.5) is 5.69 Å². The number of aryl methyl sites for hydroxylation is 1. The van der Waals surface area contributed by atoms with Crippen molar-refractivity contribution in [3.05, 3.63) is 22.6 Å². The molecule has 19 heavy (non-hydrogen) atoms. The number of hydrogen-bond acceptors (Lipinski definition) is 6. The summed E-state index contributed by atoms with van der Waals surface area (Å²) in [6, 6.07) is 1.48. The van der Waals surface area contributed by atoms with Crippen molar-refractivity contribution in [1.82, 2.24) is 9.78 Å². The van der Waals surface area contributed by atoms with Gasteiger partial charge in [0.15, 0.2) is 0 Å². The molecular formula is C11H20N4O3S. The maximum Gasteiger partial charge on any atom is 0.268 e. The summed E-state index contributed by atoms with van der Waals surface area (Å²) in [6.45, 7) is 1.43. The van der Waals surface area contributed by atoms with Crippen LogP contribution in [0.2, 0.25) is 0 Å². The molecule has 108 valence electrons. The van der Waals surface area contributed by atoms with Gasteiger partial charge in [0.05, 0.1) is 17.6 Å². The monoisotopic (exact) mass is 288 g/mol. The summed E-state index contributed by atoms with van der Waals surface area (Å²) in [4.78, 5) is 13.6. The number of sulfone groups is 1. The second-order valence-corrected chi connectivity index (χ2v) is 6.73. The van der Waals surface area contributed by atoms with E-state index in [0.717, 1.165) is 0 Å². The molecule has 2 N–H and O–H groups in total. The number of rotatable bonds is 7. The second kappa shape index (κ2) is 6.67. The van der Waals surface area contributed by atoms with Crippen LogP contribution < -0.4 is 16.2 Å². The molecule has 0 radical (unpaired) electrons. The largest absolute Gasteiger partial charge is 0.372 e. The molecule has 8 heteroatoms. The Morgan fingerprint density at radius 3 is 2.68 bits per heavy atom. The van der Waals surface area contributed by atoms with E-state index in [1.54, 1.807) is 6.20 Å². The molecule has 0 aromatic carbocycles. The molecule has 1 heterocycles. The highest BCUT2D eigenvalue weighted by Gasteiger charge is 2.06. The number of anilines is 1. The highest BCUT2D eigenvalue weighted by molar-refractivity contribution is 7.90. The first-order valence-corrected chi connectivity index (χ1v) is 8.05. The smallest absolute Gasteiger partial charge is 0.268 e. The first-order valence-electron chi connectivity index (χ1n) is 5.99. The van der Waals surface area contributed by atoms with Crippen LogP contribution >= 0.6 is 0 Å². The standard InChI is InChI=1S/C11H20N4O3S/c1-14(6-4-12)10-8-11(16)15(13-9-10)5-3-7-19(2,17)18/h8-9H,3-7,12H2,1-2H3. The lowest BCUT2D eigenvalue weighted by molar-refractivity contribution is 0.556. The number of likely N-dealkylation sites (N-methyl/N-ethyl adjacent to an activating group) is 1. The topological polar surface area (TPSA) is 98.3 Å². The fourth-order valence-corrected chi connectivity index (χ4v) is 2.25. The lowest BCUT2D eigenvalue weighted by Gasteiger charge is -2.17. The minimum absolute atomic E-state index is 0.0515. The highest BCUT2D eigenvalue weighted by Crippen LogP contribution is 2.05. The fraction of sp³-hybridized carbons (Fsp3) is 0.636. The highest BCUT2D eigenvalue weighted by atomic mass is 32.2. The van der Waals surface area contributed by atoms with Crippen molar-refractivity contribution in [3.63, 3.8) is 0 Å². The molecule has 0 fully saturated rings. The van der Waals surface area contributed by atoms with Gasteiger partial charge in [0, 0.05) is 39.0 Å². The second-order valence-electron chi connectivity index (χ2n) is 4.47. The van der Waals surface area contributed by atoms with Crippen LogP contribution in [0.3, 0.4) is 0 Å². The Morgan fingerprint density at radius 1 is 1.47 bits per heavy atom. The van der Waals surface area contributed by atoms with Gasteiger partial charge in [-0.2, -0.15) is 5.10 Å². The molecule has 7 nitrogen and oxygen atoms in total. The first-order chi connectivity index (χ1) is 8.83. The Balaban J connectivity index is 2.70. The summed E-state index contributed by atoms with van der Waals surface area (Å²) in [5, 5.41) is 4.03. The number of aromatic nitrogens is 2. The molecule has 0 saturated carbocycles. The van der Waals surface area contributed by atoms with Gasteiger partial charge in [-0.3, -0.25) is 4.79 Å². The van der Waals surface area contributed by atoms with Gasteiger partial charge in [-0.1, -0.05) is 0 Å². The molecule has 0 aliphatic carbocycles. The van der Waals surface area contributed by atoms with E-state index < -0.39 is 9.84 Å². The predicted molar refractivity (Wildman–Crippen MR) is 75.1 cm³/mol. The fourth-order valence-electron chi connectivity index (χ4n) is 1.60. The Bertz CT molecular complexity index is 568. The van der Waals surface area contributed by atoms with Crippen LogP contribution in [0.1, 0.15) is 6.42 Å². The lowest BCUT2D eigenvalue weighted by atomic mass is 10.4. The van der Waals surface area contributed by atoms with Gasteiger partial charge in [0.25, 0.3) is 5.56 Å². The van der Waals surface area contributed by atoms with E-state index in [1.807, 2.05) is 11.9 Å². The Hall–Kier alpha value is -1.41. The molecule has 1 aromatic rings. The third-order valence-corrected chi connectivity index (χ3v) is 3.68. The Kier molecular flexibility index (Phi) is 5.49. The van der Waals surface area contributed by atoms with Crippen molar-refractivity contribution in [1.29, 1.82) is 0 Å². The van der Waals surface area contributed by atoms with E-state index >= 15 is 0 Å². The average molecular weight is 288 g/mol. The van der Waals surface area contributed by atoms with Gasteiger partial charge >= 0.3 is 0 Å². The zero-order valence-corrected chi connectivity index (χ0v) is 12.1. The molecule has 1 aromatic heterocycles. The van der Waals surface area contributed by atoms with Crippen LogP contribution in [-0.4, -0.2) is 50.3 Å². The quantitative estimate of drug-likeness (QED) is 0.696. The van der Waals surface area contributed by atoms with Crippen LogP contribution in [0, 0.1) is 0 Å². The molecule has 0 spiro atoms. The molecule has 0 unspecified atom stereocenters. The summed E-state index contributed by atoms with van der Waals surface area (Å²) in [5.41, 5.74) is 5.90. The van der Waals surface area contributed by atoms with Crippen molar-refractivity contribution in [2.45, 2.75) is 13.0 Å². The molecule has 0 aliphatic rings. The van der Waals surface area contributed by atoms with Gasteiger partial charge in [-0.25, -0.2) is 13.1 Å². The maximum atomic E-state index is 11.8. The molecule has 0 bridgehead atoms. The van der Waals surface area contributed by atoms with Crippen LogP contribution in [-0.2, 0) is 16.4 Å². The third kappa shape index (κ3) is 5.39. The molecule has 0 saturated heterocycles. The Morgan fingerprint density at radius 2 is 2.16 bits per heavy atom. The van der Waals surface area contributed by atoms with Crippen LogP contribution in [0.5, 0.6) is 0 Å². The molecule has 0 amide bonds.